The number of carbonyl (C=O) groups excluding carboxylic acids is 2. The van der Waals surface area contributed by atoms with Gasteiger partial charge in [-0.2, -0.15) is 0 Å². The number of ether oxygens (including phenoxy) is 1. The molecule has 7 nitrogen and oxygen atoms in total. The van der Waals surface area contributed by atoms with E-state index in [2.05, 4.69) is 10.9 Å². The fourth-order valence-corrected chi connectivity index (χ4v) is 3.05. The minimum atomic E-state index is -0.885. The molecule has 150 valence electrons. The Kier molecular flexibility index (Phi) is 5.17. The van der Waals surface area contributed by atoms with E-state index in [1.165, 1.54) is 6.07 Å². The number of rotatable bonds is 4. The van der Waals surface area contributed by atoms with Crippen LogP contribution in [0.3, 0.4) is 0 Å². The van der Waals surface area contributed by atoms with E-state index >= 15 is 0 Å². The molecule has 2 amide bonds. The van der Waals surface area contributed by atoms with Crippen LogP contribution in [0.5, 0.6) is 5.75 Å². The Morgan fingerprint density at radius 1 is 0.900 bits per heavy atom. The van der Waals surface area contributed by atoms with Crippen molar-refractivity contribution in [3.63, 3.8) is 0 Å². The van der Waals surface area contributed by atoms with E-state index in [9.17, 15) is 14.4 Å². The monoisotopic (exact) mass is 402 g/mol. The van der Waals surface area contributed by atoms with Gasteiger partial charge < -0.3 is 9.15 Å². The van der Waals surface area contributed by atoms with E-state index in [0.29, 0.717) is 16.7 Å². The Bertz CT molecular complexity index is 1310. The van der Waals surface area contributed by atoms with Crippen molar-refractivity contribution < 1.29 is 18.7 Å². The summed E-state index contributed by atoms with van der Waals surface area (Å²) in [5, 5.41) is 2.46. The molecule has 1 atom stereocenters. The molecule has 0 radical (unpaired) electrons. The predicted octanol–water partition coefficient (Wildman–Crippen LogP) is 3.17. The van der Waals surface area contributed by atoms with Gasteiger partial charge in [-0.15, -0.1) is 0 Å². The molecule has 1 heterocycles. The Balaban J connectivity index is 1.43. The molecule has 30 heavy (non-hydrogen) atoms. The number of hydrogen-bond acceptors (Lipinski definition) is 5. The molecule has 0 saturated carbocycles. The molecule has 0 fully saturated rings. The van der Waals surface area contributed by atoms with Gasteiger partial charge in [-0.25, -0.2) is 4.79 Å². The van der Waals surface area contributed by atoms with Crippen molar-refractivity contribution in [1.82, 2.24) is 10.9 Å². The van der Waals surface area contributed by atoms with Crippen molar-refractivity contribution in [1.29, 1.82) is 0 Å². The normalized spacial score (nSPS) is 11.8. The summed E-state index contributed by atoms with van der Waals surface area (Å²) >= 11 is 0. The highest BCUT2D eigenvalue weighted by Gasteiger charge is 2.19. The zero-order chi connectivity index (χ0) is 21.1. The third kappa shape index (κ3) is 3.86. The standard InChI is InChI=1S/C23H18N2O5/c1-14(29-20-12-6-9-15-7-2-4-10-17(15)20)21(26)24-25-22(27)18-13-16-8-3-5-11-19(16)30-23(18)28/h2-14H,1H3,(H,24,26)(H,25,27)/t14-/m0/s1. The molecule has 4 aromatic rings. The SMILES string of the molecule is C[C@H](Oc1cccc2ccccc12)C(=O)NNC(=O)c1cc2ccccc2oc1=O. The number of benzene rings is 3. The molecular weight excluding hydrogens is 384 g/mol. The lowest BCUT2D eigenvalue weighted by atomic mass is 10.1. The van der Waals surface area contributed by atoms with E-state index in [-0.39, 0.29) is 5.56 Å². The maximum atomic E-state index is 12.4. The smallest absolute Gasteiger partial charge is 0.349 e. The first-order valence-corrected chi connectivity index (χ1v) is 9.30. The first-order chi connectivity index (χ1) is 14.5. The summed E-state index contributed by atoms with van der Waals surface area (Å²) < 4.78 is 10.9. The molecule has 0 unspecified atom stereocenters. The number of hydrogen-bond donors (Lipinski definition) is 2. The van der Waals surface area contributed by atoms with Gasteiger partial charge in [-0.3, -0.25) is 20.4 Å². The molecule has 4 rings (SSSR count). The van der Waals surface area contributed by atoms with Crippen molar-refractivity contribution in [2.75, 3.05) is 0 Å². The number of hydrazine groups is 1. The summed E-state index contributed by atoms with van der Waals surface area (Å²) in [4.78, 5) is 36.8. The van der Waals surface area contributed by atoms with E-state index in [4.69, 9.17) is 9.15 Å². The molecule has 0 bridgehead atoms. The minimum absolute atomic E-state index is 0.211. The number of carbonyl (C=O) groups is 2. The van der Waals surface area contributed by atoms with Crippen molar-refractivity contribution in [2.45, 2.75) is 13.0 Å². The number of fused-ring (bicyclic) bond motifs is 2. The van der Waals surface area contributed by atoms with Gasteiger partial charge in [0.15, 0.2) is 6.10 Å². The maximum Gasteiger partial charge on any atom is 0.349 e. The number of nitrogens with one attached hydrogen (secondary N) is 2. The number of amides is 2. The van der Waals surface area contributed by atoms with Crippen LogP contribution >= 0.6 is 0 Å². The summed E-state index contributed by atoms with van der Waals surface area (Å²) in [5.74, 6) is -0.793. The lowest BCUT2D eigenvalue weighted by Crippen LogP contribution is -2.48. The first kappa shape index (κ1) is 19.2. The Morgan fingerprint density at radius 2 is 1.60 bits per heavy atom. The highest BCUT2D eigenvalue weighted by Crippen LogP contribution is 2.26. The quantitative estimate of drug-likeness (QED) is 0.404. The van der Waals surface area contributed by atoms with Gasteiger partial charge >= 0.3 is 5.63 Å². The van der Waals surface area contributed by atoms with Gasteiger partial charge in [0.1, 0.15) is 16.9 Å². The average molecular weight is 402 g/mol. The highest BCUT2D eigenvalue weighted by molar-refractivity contribution is 5.97. The van der Waals surface area contributed by atoms with Gasteiger partial charge in [-0.05, 0) is 30.5 Å². The van der Waals surface area contributed by atoms with Crippen molar-refractivity contribution in [3.8, 4) is 5.75 Å². The summed E-state index contributed by atoms with van der Waals surface area (Å²) in [6, 6.07) is 21.4. The zero-order valence-corrected chi connectivity index (χ0v) is 16.0. The van der Waals surface area contributed by atoms with E-state index in [1.807, 2.05) is 36.4 Å². The lowest BCUT2D eigenvalue weighted by Gasteiger charge is -2.16. The van der Waals surface area contributed by atoms with Gasteiger partial charge in [0.25, 0.3) is 11.8 Å². The van der Waals surface area contributed by atoms with Crippen molar-refractivity contribution >= 4 is 33.6 Å². The van der Waals surface area contributed by atoms with Crippen LogP contribution in [0.15, 0.2) is 82.0 Å². The summed E-state index contributed by atoms with van der Waals surface area (Å²) in [7, 11) is 0. The Labute approximate surface area is 171 Å². The van der Waals surface area contributed by atoms with Gasteiger partial charge in [-0.1, -0.05) is 54.6 Å². The van der Waals surface area contributed by atoms with E-state index < -0.39 is 23.5 Å². The molecule has 0 aliphatic rings. The van der Waals surface area contributed by atoms with Crippen LogP contribution in [0.25, 0.3) is 21.7 Å². The van der Waals surface area contributed by atoms with Crippen molar-refractivity contribution in [3.05, 3.63) is 88.8 Å². The number of para-hydroxylation sites is 1. The van der Waals surface area contributed by atoms with Crippen LogP contribution in [0.4, 0.5) is 0 Å². The molecule has 0 aliphatic carbocycles. The summed E-state index contributed by atoms with van der Waals surface area (Å²) in [6.45, 7) is 1.56. The fraction of sp³-hybridized carbons (Fsp3) is 0.0870. The second-order valence-corrected chi connectivity index (χ2v) is 6.67. The van der Waals surface area contributed by atoms with E-state index in [1.54, 1.807) is 37.3 Å². The maximum absolute atomic E-state index is 12.4. The highest BCUT2D eigenvalue weighted by atomic mass is 16.5. The third-order valence-corrected chi connectivity index (χ3v) is 4.61. The van der Waals surface area contributed by atoms with Crippen molar-refractivity contribution in [2.24, 2.45) is 0 Å². The molecule has 3 aromatic carbocycles. The second kappa shape index (κ2) is 8.08. The van der Waals surface area contributed by atoms with Crippen LogP contribution in [-0.2, 0) is 4.79 Å². The minimum Gasteiger partial charge on any atom is -0.480 e. The predicted molar refractivity (Wildman–Crippen MR) is 112 cm³/mol. The van der Waals surface area contributed by atoms with E-state index in [0.717, 1.165) is 10.8 Å². The van der Waals surface area contributed by atoms with Crippen LogP contribution < -0.4 is 21.2 Å². The van der Waals surface area contributed by atoms with Crippen LogP contribution in [0.2, 0.25) is 0 Å². The van der Waals surface area contributed by atoms with Crippen LogP contribution in [0, 0.1) is 0 Å². The molecule has 2 N–H and O–H groups in total. The van der Waals surface area contributed by atoms with Gasteiger partial charge in [0.2, 0.25) is 0 Å². The third-order valence-electron chi connectivity index (χ3n) is 4.61. The first-order valence-electron chi connectivity index (χ1n) is 9.30. The average Bonchev–Trinajstić information content (AvgIpc) is 2.77. The largest absolute Gasteiger partial charge is 0.480 e. The topological polar surface area (TPSA) is 97.6 Å². The molecule has 1 aromatic heterocycles. The molecule has 7 heteroatoms. The summed E-state index contributed by atoms with van der Waals surface area (Å²) in [6.07, 6.45) is -0.885. The second-order valence-electron chi connectivity index (χ2n) is 6.67. The molecule has 0 saturated heterocycles. The molecule has 0 aliphatic heterocycles. The van der Waals surface area contributed by atoms with Gasteiger partial charge in [0, 0.05) is 10.8 Å². The fourth-order valence-electron chi connectivity index (χ4n) is 3.05. The zero-order valence-electron chi connectivity index (χ0n) is 16.0. The Morgan fingerprint density at radius 3 is 2.43 bits per heavy atom. The summed E-state index contributed by atoms with van der Waals surface area (Å²) in [5.41, 5.74) is 3.88. The van der Waals surface area contributed by atoms with Crippen LogP contribution in [0.1, 0.15) is 17.3 Å². The lowest BCUT2D eigenvalue weighted by molar-refractivity contribution is -0.128. The van der Waals surface area contributed by atoms with Crippen LogP contribution in [-0.4, -0.2) is 17.9 Å². The molecule has 0 spiro atoms. The molecular formula is C23H18N2O5. The Hall–Kier alpha value is -4.13. The van der Waals surface area contributed by atoms with Gasteiger partial charge in [0.05, 0.1) is 0 Å².